The van der Waals surface area contributed by atoms with Gasteiger partial charge in [0.05, 0.1) is 12.2 Å². The molecular formula is C19H21N9O. The van der Waals surface area contributed by atoms with Gasteiger partial charge in [0.1, 0.15) is 5.65 Å². The average Bonchev–Trinajstić information content (AvgIpc) is 3.34. The molecule has 0 aliphatic carbocycles. The number of carbonyl (C=O) groups excluding carboxylic acids is 1. The van der Waals surface area contributed by atoms with Crippen LogP contribution in [0.25, 0.3) is 16.8 Å². The Morgan fingerprint density at radius 1 is 1.10 bits per heavy atom. The van der Waals surface area contributed by atoms with Crippen molar-refractivity contribution in [1.29, 1.82) is 0 Å². The van der Waals surface area contributed by atoms with Gasteiger partial charge in [-0.2, -0.15) is 4.80 Å². The van der Waals surface area contributed by atoms with Crippen LogP contribution in [0.4, 0.5) is 10.6 Å². The number of hydrogen-bond donors (Lipinski definition) is 2. The first-order valence-electron chi connectivity index (χ1n) is 9.31. The third-order valence-corrected chi connectivity index (χ3v) is 4.27. The minimum Gasteiger partial charge on any atom is -0.337 e. The maximum atomic E-state index is 12.1. The molecule has 0 spiro atoms. The lowest BCUT2D eigenvalue weighted by atomic mass is 10.1. The number of nitrogens with one attached hydrogen (secondary N) is 2. The molecule has 0 saturated heterocycles. The number of anilines is 1. The van der Waals surface area contributed by atoms with Crippen molar-refractivity contribution in [2.24, 2.45) is 0 Å². The zero-order chi connectivity index (χ0) is 20.2. The Labute approximate surface area is 167 Å². The van der Waals surface area contributed by atoms with E-state index in [9.17, 15) is 4.79 Å². The van der Waals surface area contributed by atoms with Crippen molar-refractivity contribution in [2.75, 3.05) is 11.9 Å². The maximum absolute atomic E-state index is 12.1. The number of nitrogens with zero attached hydrogens (tertiary/aromatic N) is 7. The average molecular weight is 391 g/mol. The fourth-order valence-corrected chi connectivity index (χ4v) is 2.79. The summed E-state index contributed by atoms with van der Waals surface area (Å²) in [5.74, 6) is 1.06. The van der Waals surface area contributed by atoms with Crippen LogP contribution >= 0.6 is 0 Å². The number of tetrazole rings is 1. The molecule has 4 rings (SSSR count). The molecule has 0 fully saturated rings. The molecule has 4 heterocycles. The van der Waals surface area contributed by atoms with Crippen LogP contribution in [0, 0.1) is 0 Å². The van der Waals surface area contributed by atoms with E-state index in [2.05, 4.69) is 36.0 Å². The highest BCUT2D eigenvalue weighted by Gasteiger charge is 2.09. The normalized spacial score (nSPS) is 11.1. The number of imidazole rings is 1. The quantitative estimate of drug-likeness (QED) is 0.521. The Balaban J connectivity index is 1.35. The molecule has 4 aromatic rings. The summed E-state index contributed by atoms with van der Waals surface area (Å²) in [6.07, 6.45) is 7.74. The molecule has 0 aromatic carbocycles. The van der Waals surface area contributed by atoms with Crippen LogP contribution in [0.2, 0.25) is 0 Å². The summed E-state index contributed by atoms with van der Waals surface area (Å²) in [7, 11) is 0. The molecule has 148 valence electrons. The largest absolute Gasteiger partial charge is 0.337 e. The van der Waals surface area contributed by atoms with E-state index in [1.807, 2.05) is 48.7 Å². The van der Waals surface area contributed by atoms with Crippen molar-refractivity contribution in [3.05, 3.63) is 54.9 Å². The van der Waals surface area contributed by atoms with Crippen LogP contribution in [0.15, 0.2) is 49.1 Å². The van der Waals surface area contributed by atoms with Crippen LogP contribution in [0.5, 0.6) is 0 Å². The molecule has 10 nitrogen and oxygen atoms in total. The Kier molecular flexibility index (Phi) is 5.14. The summed E-state index contributed by atoms with van der Waals surface area (Å²) >= 11 is 0. The van der Waals surface area contributed by atoms with Gasteiger partial charge in [0.25, 0.3) is 0 Å². The Morgan fingerprint density at radius 2 is 1.93 bits per heavy atom. The minimum atomic E-state index is -0.334. The second-order valence-corrected chi connectivity index (χ2v) is 6.80. The van der Waals surface area contributed by atoms with Gasteiger partial charge in [-0.05, 0) is 54.5 Å². The van der Waals surface area contributed by atoms with E-state index in [4.69, 9.17) is 0 Å². The number of amides is 2. The molecule has 0 bridgehead atoms. The summed E-state index contributed by atoms with van der Waals surface area (Å²) in [6, 6.07) is 7.60. The summed E-state index contributed by atoms with van der Waals surface area (Å²) < 4.78 is 1.87. The van der Waals surface area contributed by atoms with Gasteiger partial charge in [-0.25, -0.2) is 9.78 Å². The number of rotatable bonds is 6. The van der Waals surface area contributed by atoms with Crippen LogP contribution < -0.4 is 10.6 Å². The Bertz CT molecular complexity index is 1120. The monoisotopic (exact) mass is 391 g/mol. The molecule has 0 aliphatic heterocycles. The predicted molar refractivity (Wildman–Crippen MR) is 107 cm³/mol. The first-order valence-corrected chi connectivity index (χ1v) is 9.31. The first-order chi connectivity index (χ1) is 14.1. The van der Waals surface area contributed by atoms with Gasteiger partial charge in [0.2, 0.25) is 0 Å². The Hall–Kier alpha value is -3.82. The minimum absolute atomic E-state index is 0.154. The maximum Gasteiger partial charge on any atom is 0.320 e. The molecule has 0 atom stereocenters. The van der Waals surface area contributed by atoms with Crippen molar-refractivity contribution in [1.82, 2.24) is 39.9 Å². The van der Waals surface area contributed by atoms with Crippen molar-refractivity contribution in [3.8, 4) is 11.1 Å². The highest BCUT2D eigenvalue weighted by atomic mass is 16.2. The number of urea groups is 1. The van der Waals surface area contributed by atoms with Crippen LogP contribution in [-0.4, -0.2) is 47.2 Å². The van der Waals surface area contributed by atoms with Gasteiger partial charge < -0.3 is 9.72 Å². The van der Waals surface area contributed by atoms with E-state index in [-0.39, 0.29) is 12.1 Å². The lowest BCUT2D eigenvalue weighted by Gasteiger charge is -2.03. The zero-order valence-electron chi connectivity index (χ0n) is 16.1. The molecule has 0 aliphatic rings. The van der Waals surface area contributed by atoms with Gasteiger partial charge in [-0.3, -0.25) is 10.3 Å². The second-order valence-electron chi connectivity index (χ2n) is 6.80. The number of hydrogen-bond acceptors (Lipinski definition) is 6. The lowest BCUT2D eigenvalue weighted by molar-refractivity contribution is 0.252. The van der Waals surface area contributed by atoms with E-state index in [1.54, 1.807) is 23.4 Å². The molecule has 10 heteroatoms. The molecule has 4 aromatic heterocycles. The third kappa shape index (κ3) is 4.37. The van der Waals surface area contributed by atoms with Crippen molar-refractivity contribution >= 4 is 17.5 Å². The van der Waals surface area contributed by atoms with Crippen LogP contribution in [-0.2, 0) is 6.42 Å². The van der Waals surface area contributed by atoms with Crippen molar-refractivity contribution < 1.29 is 4.79 Å². The molecular weight excluding hydrogens is 370 g/mol. The molecule has 2 amide bonds. The molecule has 2 N–H and O–H groups in total. The van der Waals surface area contributed by atoms with E-state index < -0.39 is 0 Å². The summed E-state index contributed by atoms with van der Waals surface area (Å²) in [4.78, 5) is 22.1. The van der Waals surface area contributed by atoms with Gasteiger partial charge in [0, 0.05) is 31.6 Å². The number of aromatic nitrogens is 7. The number of fused-ring (bicyclic) bond motifs is 1. The van der Waals surface area contributed by atoms with E-state index in [0.717, 1.165) is 16.8 Å². The molecule has 0 radical (unpaired) electrons. The van der Waals surface area contributed by atoms with Gasteiger partial charge in [-0.1, -0.05) is 0 Å². The summed E-state index contributed by atoms with van der Waals surface area (Å²) in [5.41, 5.74) is 2.84. The predicted octanol–water partition coefficient (Wildman–Crippen LogP) is 2.33. The van der Waals surface area contributed by atoms with Gasteiger partial charge in [0.15, 0.2) is 11.6 Å². The van der Waals surface area contributed by atoms with Gasteiger partial charge in [-0.15, -0.1) is 10.2 Å². The third-order valence-electron chi connectivity index (χ3n) is 4.27. The topological polar surface area (TPSA) is 115 Å². The van der Waals surface area contributed by atoms with E-state index in [1.165, 1.54) is 0 Å². The first kappa shape index (κ1) is 18.5. The standard InChI is InChI=1S/C19H21N9O/c1-13(2)28-25-16(24-26-28)7-10-21-19(29)23-17-12-27-11-15(3-4-18(27)22-17)14-5-8-20-9-6-14/h3-6,8-9,11-13H,7,10H2,1-2H3,(H2,21,23,29). The summed E-state index contributed by atoms with van der Waals surface area (Å²) in [5, 5.41) is 17.7. The zero-order valence-corrected chi connectivity index (χ0v) is 16.1. The fraction of sp³-hybridized carbons (Fsp3) is 0.263. The molecule has 0 saturated carbocycles. The molecule has 0 unspecified atom stereocenters. The van der Waals surface area contributed by atoms with Crippen LogP contribution in [0.1, 0.15) is 25.7 Å². The van der Waals surface area contributed by atoms with Crippen LogP contribution in [0.3, 0.4) is 0 Å². The van der Waals surface area contributed by atoms with E-state index in [0.29, 0.717) is 24.6 Å². The number of carbonyl (C=O) groups is 1. The molecule has 29 heavy (non-hydrogen) atoms. The number of pyridine rings is 2. The highest BCUT2D eigenvalue weighted by Crippen LogP contribution is 2.20. The summed E-state index contributed by atoms with van der Waals surface area (Å²) in [6.45, 7) is 4.35. The van der Waals surface area contributed by atoms with Crippen molar-refractivity contribution in [2.45, 2.75) is 26.3 Å². The Morgan fingerprint density at radius 3 is 2.69 bits per heavy atom. The smallest absolute Gasteiger partial charge is 0.320 e. The van der Waals surface area contributed by atoms with E-state index >= 15 is 0 Å². The highest BCUT2D eigenvalue weighted by molar-refractivity contribution is 5.88. The SMILES string of the molecule is CC(C)n1nnc(CCNC(=O)Nc2cn3cc(-c4ccncc4)ccc3n2)n1. The van der Waals surface area contributed by atoms with Gasteiger partial charge >= 0.3 is 6.03 Å². The fourth-order valence-electron chi connectivity index (χ4n) is 2.79. The van der Waals surface area contributed by atoms with Crippen molar-refractivity contribution in [3.63, 3.8) is 0 Å². The second kappa shape index (κ2) is 8.05. The lowest BCUT2D eigenvalue weighted by Crippen LogP contribution is -2.30.